The lowest BCUT2D eigenvalue weighted by Gasteiger charge is -2.20. The summed E-state index contributed by atoms with van der Waals surface area (Å²) in [6.45, 7) is 1.87. The lowest BCUT2D eigenvalue weighted by atomic mass is 10.1. The zero-order valence-electron chi connectivity index (χ0n) is 16.5. The first-order valence-corrected chi connectivity index (χ1v) is 11.4. The van der Waals surface area contributed by atoms with Crippen molar-refractivity contribution in [3.63, 3.8) is 0 Å². The second-order valence-corrected chi connectivity index (χ2v) is 8.60. The number of anilines is 1. The van der Waals surface area contributed by atoms with Crippen LogP contribution in [0.4, 0.5) is 5.13 Å². The van der Waals surface area contributed by atoms with Crippen molar-refractivity contribution in [1.82, 2.24) is 9.97 Å². The number of thioether (sulfide) groups is 1. The number of nitrogens with zero attached hydrogens (tertiary/aromatic N) is 3. The van der Waals surface area contributed by atoms with Gasteiger partial charge >= 0.3 is 0 Å². The summed E-state index contributed by atoms with van der Waals surface area (Å²) in [6, 6.07) is 16.6. The monoisotopic (exact) mass is 433 g/mol. The number of carbonyl (C=O) groups is 2. The molecule has 1 amide bonds. The van der Waals surface area contributed by atoms with Crippen LogP contribution in [0.1, 0.15) is 33.2 Å². The normalized spacial score (nSPS) is 10.9. The van der Waals surface area contributed by atoms with Gasteiger partial charge in [-0.2, -0.15) is 0 Å². The molecule has 4 rings (SSSR count). The van der Waals surface area contributed by atoms with Gasteiger partial charge in [-0.05, 0) is 55.1 Å². The number of fused-ring (bicyclic) bond motifs is 1. The van der Waals surface area contributed by atoms with Crippen LogP contribution in [0, 0.1) is 0 Å². The van der Waals surface area contributed by atoms with Crippen LogP contribution in [-0.2, 0) is 6.54 Å². The summed E-state index contributed by atoms with van der Waals surface area (Å²) in [6.07, 6.45) is 5.49. The zero-order chi connectivity index (χ0) is 21.1. The number of carbonyl (C=O) groups excluding carboxylic acids is 2. The Labute approximate surface area is 182 Å². The standard InChI is InChI=1S/C23H19N3O2S2/c1-15(27)17-5-7-18(8-6-17)22(28)26(14-16-4-3-11-24-13-16)23-25-20-10-9-19(29-2)12-21(20)30-23/h3-13H,14H2,1-2H3. The summed E-state index contributed by atoms with van der Waals surface area (Å²) < 4.78 is 1.03. The van der Waals surface area contributed by atoms with Gasteiger partial charge in [-0.25, -0.2) is 4.98 Å². The minimum atomic E-state index is -0.168. The van der Waals surface area contributed by atoms with Crippen LogP contribution in [0.5, 0.6) is 0 Å². The highest BCUT2D eigenvalue weighted by Gasteiger charge is 2.22. The van der Waals surface area contributed by atoms with Crippen LogP contribution < -0.4 is 4.90 Å². The van der Waals surface area contributed by atoms with E-state index in [4.69, 9.17) is 4.98 Å². The van der Waals surface area contributed by atoms with Gasteiger partial charge in [0, 0.05) is 28.4 Å². The number of benzene rings is 2. The molecular formula is C23H19N3O2S2. The molecule has 4 aromatic rings. The number of rotatable bonds is 6. The SMILES string of the molecule is CSc1ccc2nc(N(Cc3cccnc3)C(=O)c3ccc(C(C)=O)cc3)sc2c1. The van der Waals surface area contributed by atoms with Crippen LogP contribution in [0.15, 0.2) is 71.9 Å². The highest BCUT2D eigenvalue weighted by Crippen LogP contribution is 2.33. The van der Waals surface area contributed by atoms with Gasteiger partial charge < -0.3 is 0 Å². The first-order valence-electron chi connectivity index (χ1n) is 9.31. The lowest BCUT2D eigenvalue weighted by molar-refractivity contribution is 0.0981. The summed E-state index contributed by atoms with van der Waals surface area (Å²) in [5.41, 5.74) is 2.86. The Balaban J connectivity index is 1.74. The molecule has 0 aliphatic heterocycles. The average Bonchev–Trinajstić information content (AvgIpc) is 3.20. The van der Waals surface area contributed by atoms with E-state index in [1.165, 1.54) is 18.3 Å². The maximum atomic E-state index is 13.4. The van der Waals surface area contributed by atoms with E-state index in [1.807, 2.05) is 30.5 Å². The maximum Gasteiger partial charge on any atom is 0.260 e. The minimum Gasteiger partial charge on any atom is -0.295 e. The topological polar surface area (TPSA) is 63.2 Å². The molecule has 0 aliphatic carbocycles. The molecule has 0 saturated carbocycles. The number of pyridine rings is 1. The van der Waals surface area contributed by atoms with Crippen LogP contribution in [0.25, 0.3) is 10.2 Å². The van der Waals surface area contributed by atoms with Gasteiger partial charge in [0.25, 0.3) is 5.91 Å². The first-order chi connectivity index (χ1) is 14.5. The molecule has 2 aromatic heterocycles. The van der Waals surface area contributed by atoms with E-state index in [-0.39, 0.29) is 11.7 Å². The van der Waals surface area contributed by atoms with E-state index >= 15 is 0 Å². The second-order valence-electron chi connectivity index (χ2n) is 6.72. The summed E-state index contributed by atoms with van der Waals surface area (Å²) in [7, 11) is 0. The fourth-order valence-corrected chi connectivity index (χ4v) is 4.56. The Hall–Kier alpha value is -3.03. The lowest BCUT2D eigenvalue weighted by Crippen LogP contribution is -2.30. The van der Waals surface area contributed by atoms with Gasteiger partial charge in [0.15, 0.2) is 10.9 Å². The highest BCUT2D eigenvalue weighted by atomic mass is 32.2. The fraction of sp³-hybridized carbons (Fsp3) is 0.130. The van der Waals surface area contributed by atoms with E-state index in [9.17, 15) is 9.59 Å². The number of hydrogen-bond acceptors (Lipinski definition) is 6. The molecule has 2 aromatic carbocycles. The van der Waals surface area contributed by atoms with E-state index in [1.54, 1.807) is 53.3 Å². The van der Waals surface area contributed by atoms with E-state index in [0.717, 1.165) is 20.7 Å². The summed E-state index contributed by atoms with van der Waals surface area (Å²) in [4.78, 5) is 36.7. The Morgan fingerprint density at radius 2 is 1.83 bits per heavy atom. The van der Waals surface area contributed by atoms with Crippen molar-refractivity contribution in [3.05, 3.63) is 83.7 Å². The summed E-state index contributed by atoms with van der Waals surface area (Å²) >= 11 is 3.16. The van der Waals surface area contributed by atoms with Crippen molar-refractivity contribution >= 4 is 50.1 Å². The van der Waals surface area contributed by atoms with Gasteiger partial charge in [0.05, 0.1) is 16.8 Å². The molecule has 0 atom stereocenters. The molecule has 0 N–H and O–H groups in total. The first kappa shape index (κ1) is 20.3. The smallest absolute Gasteiger partial charge is 0.260 e. The minimum absolute atomic E-state index is 0.0306. The van der Waals surface area contributed by atoms with E-state index in [2.05, 4.69) is 11.1 Å². The number of ketones is 1. The molecule has 0 unspecified atom stereocenters. The predicted octanol–water partition coefficient (Wildman–Crippen LogP) is 5.46. The van der Waals surface area contributed by atoms with E-state index < -0.39 is 0 Å². The number of hydrogen-bond donors (Lipinski definition) is 0. The van der Waals surface area contributed by atoms with Gasteiger partial charge in [-0.1, -0.05) is 29.5 Å². The van der Waals surface area contributed by atoms with Gasteiger partial charge in [0.1, 0.15) is 0 Å². The summed E-state index contributed by atoms with van der Waals surface area (Å²) in [5, 5.41) is 0.632. The van der Waals surface area contributed by atoms with E-state index in [0.29, 0.717) is 22.8 Å². The molecule has 0 radical (unpaired) electrons. The average molecular weight is 434 g/mol. The van der Waals surface area contributed by atoms with Crippen molar-refractivity contribution in [3.8, 4) is 0 Å². The van der Waals surface area contributed by atoms with Crippen molar-refractivity contribution in [1.29, 1.82) is 0 Å². The maximum absolute atomic E-state index is 13.4. The third-order valence-corrected chi connectivity index (χ3v) is 6.43. The molecule has 7 heteroatoms. The van der Waals surface area contributed by atoms with Crippen LogP contribution in [0.2, 0.25) is 0 Å². The molecule has 30 heavy (non-hydrogen) atoms. The molecule has 0 saturated heterocycles. The molecular weight excluding hydrogens is 414 g/mol. The number of thiazole rings is 1. The Morgan fingerprint density at radius 1 is 1.07 bits per heavy atom. The van der Waals surface area contributed by atoms with Crippen LogP contribution in [0.3, 0.4) is 0 Å². The van der Waals surface area contributed by atoms with Gasteiger partial charge in [-0.3, -0.25) is 19.5 Å². The van der Waals surface area contributed by atoms with Gasteiger partial charge in [-0.15, -0.1) is 11.8 Å². The number of Topliss-reactive ketones (excluding diaryl/α,β-unsaturated/α-hetero) is 1. The van der Waals surface area contributed by atoms with Crippen molar-refractivity contribution in [2.75, 3.05) is 11.2 Å². The third kappa shape index (κ3) is 4.27. The summed E-state index contributed by atoms with van der Waals surface area (Å²) in [5.74, 6) is -0.199. The molecule has 0 aliphatic rings. The molecule has 150 valence electrons. The second kappa shape index (κ2) is 8.77. The highest BCUT2D eigenvalue weighted by molar-refractivity contribution is 7.98. The Bertz CT molecular complexity index is 1200. The predicted molar refractivity (Wildman–Crippen MR) is 123 cm³/mol. The molecule has 0 spiro atoms. The molecule has 5 nitrogen and oxygen atoms in total. The Morgan fingerprint density at radius 3 is 2.50 bits per heavy atom. The van der Waals surface area contributed by atoms with Gasteiger partial charge in [0.2, 0.25) is 0 Å². The quantitative estimate of drug-likeness (QED) is 0.298. The van der Waals surface area contributed by atoms with Crippen molar-refractivity contribution < 1.29 is 9.59 Å². The van der Waals surface area contributed by atoms with Crippen molar-refractivity contribution in [2.24, 2.45) is 0 Å². The number of amides is 1. The molecule has 2 heterocycles. The van der Waals surface area contributed by atoms with Crippen LogP contribution in [-0.4, -0.2) is 27.9 Å². The van der Waals surface area contributed by atoms with Crippen LogP contribution >= 0.6 is 23.1 Å². The van der Waals surface area contributed by atoms with Crippen molar-refractivity contribution in [2.45, 2.75) is 18.4 Å². The largest absolute Gasteiger partial charge is 0.295 e. The fourth-order valence-electron chi connectivity index (χ4n) is 3.04. The molecule has 0 fully saturated rings. The third-order valence-electron chi connectivity index (χ3n) is 4.66. The number of aromatic nitrogens is 2. The zero-order valence-corrected chi connectivity index (χ0v) is 18.2. The Kier molecular flexibility index (Phi) is 5.92. The molecule has 0 bridgehead atoms.